The maximum Gasteiger partial charge on any atom is 0.307 e. The Kier molecular flexibility index (Phi) is 5.28. The van der Waals surface area contributed by atoms with E-state index in [9.17, 15) is 14.9 Å². The number of nitro groups is 1. The zero-order valence-corrected chi connectivity index (χ0v) is 14.3. The Morgan fingerprint density at radius 1 is 1.15 bits per heavy atom. The smallest absolute Gasteiger partial charge is 0.307 e. The lowest BCUT2D eigenvalue weighted by Gasteiger charge is -2.07. The lowest BCUT2D eigenvalue weighted by Crippen LogP contribution is -2.27. The second-order valence-corrected chi connectivity index (χ2v) is 5.96. The number of amides is 1. The molecule has 0 aliphatic rings. The van der Waals surface area contributed by atoms with Crippen LogP contribution >= 0.6 is 11.6 Å². The van der Waals surface area contributed by atoms with Crippen LogP contribution in [0.2, 0.25) is 5.02 Å². The van der Waals surface area contributed by atoms with Gasteiger partial charge in [-0.05, 0) is 17.7 Å². The third-order valence-electron chi connectivity index (χ3n) is 3.62. The van der Waals surface area contributed by atoms with Crippen LogP contribution in [0.4, 0.5) is 5.69 Å². The highest BCUT2D eigenvalue weighted by molar-refractivity contribution is 6.30. The summed E-state index contributed by atoms with van der Waals surface area (Å²) in [5.74, 6) is -0.190. The maximum atomic E-state index is 12.1. The molecule has 0 radical (unpaired) electrons. The molecule has 0 aliphatic carbocycles. The topological polar surface area (TPSA) is 108 Å². The van der Waals surface area contributed by atoms with Crippen molar-refractivity contribution in [2.45, 2.75) is 13.1 Å². The van der Waals surface area contributed by atoms with E-state index in [-0.39, 0.29) is 11.6 Å². The van der Waals surface area contributed by atoms with Crippen LogP contribution in [0.25, 0.3) is 0 Å². The molecule has 0 saturated carbocycles. The van der Waals surface area contributed by atoms with Crippen LogP contribution in [0.15, 0.2) is 49.1 Å². The minimum atomic E-state index is -0.492. The molecule has 0 fully saturated rings. The highest BCUT2D eigenvalue weighted by Gasteiger charge is 2.09. The number of aromatic nitrogens is 4. The first-order valence-corrected chi connectivity index (χ1v) is 8.11. The van der Waals surface area contributed by atoms with Crippen molar-refractivity contribution in [1.82, 2.24) is 24.9 Å². The quantitative estimate of drug-likeness (QED) is 0.503. The van der Waals surface area contributed by atoms with Crippen LogP contribution in [-0.2, 0) is 13.1 Å². The molecule has 0 spiro atoms. The van der Waals surface area contributed by atoms with Crippen molar-refractivity contribution in [2.24, 2.45) is 0 Å². The van der Waals surface area contributed by atoms with Gasteiger partial charge in [-0.2, -0.15) is 10.2 Å². The van der Waals surface area contributed by atoms with Crippen LogP contribution < -0.4 is 5.32 Å². The van der Waals surface area contributed by atoms with E-state index in [4.69, 9.17) is 11.6 Å². The van der Waals surface area contributed by atoms with Crippen molar-refractivity contribution in [3.05, 3.63) is 75.3 Å². The normalized spacial score (nSPS) is 10.7. The summed E-state index contributed by atoms with van der Waals surface area (Å²) in [5, 5.41) is 22.0. The van der Waals surface area contributed by atoms with Gasteiger partial charge in [0, 0.05) is 18.3 Å². The lowest BCUT2D eigenvalue weighted by molar-refractivity contribution is -0.385. The van der Waals surface area contributed by atoms with Crippen LogP contribution in [-0.4, -0.2) is 36.9 Å². The van der Waals surface area contributed by atoms with Crippen LogP contribution in [0.1, 0.15) is 15.9 Å². The van der Waals surface area contributed by atoms with Crippen molar-refractivity contribution in [1.29, 1.82) is 0 Å². The zero-order chi connectivity index (χ0) is 18.5. The Morgan fingerprint density at radius 3 is 2.50 bits per heavy atom. The molecule has 26 heavy (non-hydrogen) atoms. The van der Waals surface area contributed by atoms with Gasteiger partial charge in [-0.25, -0.2) is 0 Å². The molecule has 2 aromatic heterocycles. The predicted molar refractivity (Wildman–Crippen MR) is 94.0 cm³/mol. The molecule has 2 heterocycles. The zero-order valence-electron chi connectivity index (χ0n) is 13.6. The summed E-state index contributed by atoms with van der Waals surface area (Å²) in [4.78, 5) is 22.3. The molecule has 9 nitrogen and oxygen atoms in total. The van der Waals surface area contributed by atoms with Crippen LogP contribution in [0.3, 0.4) is 0 Å². The average molecular weight is 375 g/mol. The fraction of sp³-hybridized carbons (Fsp3) is 0.188. The van der Waals surface area contributed by atoms with E-state index < -0.39 is 4.92 Å². The van der Waals surface area contributed by atoms with Gasteiger partial charge in [0.25, 0.3) is 5.91 Å². The molecule has 3 aromatic rings. The largest absolute Gasteiger partial charge is 0.350 e. The Labute approximate surface area is 153 Å². The van der Waals surface area contributed by atoms with Crippen LogP contribution in [0.5, 0.6) is 0 Å². The Hall–Kier alpha value is -3.20. The third kappa shape index (κ3) is 4.45. The SMILES string of the molecule is O=C(NCCn1cc(Cl)cn1)c1ccc(Cn2cc([N+](=O)[O-])cn2)cc1. The number of halogens is 1. The third-order valence-corrected chi connectivity index (χ3v) is 3.81. The first-order chi connectivity index (χ1) is 12.5. The number of carbonyl (C=O) groups is 1. The maximum absolute atomic E-state index is 12.1. The van der Waals surface area contributed by atoms with Crippen molar-refractivity contribution in [2.75, 3.05) is 6.54 Å². The number of nitrogens with one attached hydrogen (secondary N) is 1. The van der Waals surface area contributed by atoms with E-state index in [1.807, 2.05) is 0 Å². The summed E-state index contributed by atoms with van der Waals surface area (Å²) in [6.45, 7) is 1.33. The van der Waals surface area contributed by atoms with Gasteiger partial charge in [0.1, 0.15) is 12.4 Å². The highest BCUT2D eigenvalue weighted by atomic mass is 35.5. The van der Waals surface area contributed by atoms with Crippen LogP contribution in [0, 0.1) is 10.1 Å². The Morgan fingerprint density at radius 2 is 1.88 bits per heavy atom. The molecule has 0 aliphatic heterocycles. The number of benzene rings is 1. The molecule has 1 amide bonds. The number of rotatable bonds is 7. The summed E-state index contributed by atoms with van der Waals surface area (Å²) in [6, 6.07) is 6.98. The van der Waals surface area contributed by atoms with Gasteiger partial charge in [-0.3, -0.25) is 24.3 Å². The molecule has 1 aromatic carbocycles. The van der Waals surface area contributed by atoms with E-state index in [1.54, 1.807) is 35.1 Å². The molecule has 1 N–H and O–H groups in total. The minimum absolute atomic E-state index is 0.0560. The van der Waals surface area contributed by atoms with E-state index in [0.717, 1.165) is 5.56 Å². The second kappa shape index (κ2) is 7.79. The fourth-order valence-electron chi connectivity index (χ4n) is 2.33. The molecule has 10 heteroatoms. The number of hydrogen-bond donors (Lipinski definition) is 1. The molecular formula is C16H15ClN6O3. The fourth-order valence-corrected chi connectivity index (χ4v) is 2.48. The van der Waals surface area contributed by atoms with Gasteiger partial charge in [-0.15, -0.1) is 0 Å². The van der Waals surface area contributed by atoms with Gasteiger partial charge >= 0.3 is 5.69 Å². The molecule has 0 bridgehead atoms. The predicted octanol–water partition coefficient (Wildman–Crippen LogP) is 2.12. The summed E-state index contributed by atoms with van der Waals surface area (Å²) in [7, 11) is 0. The highest BCUT2D eigenvalue weighted by Crippen LogP contribution is 2.11. The average Bonchev–Trinajstić information content (AvgIpc) is 3.25. The van der Waals surface area contributed by atoms with Crippen molar-refractivity contribution in [3.63, 3.8) is 0 Å². The van der Waals surface area contributed by atoms with Gasteiger partial charge in [-0.1, -0.05) is 23.7 Å². The number of nitrogens with zero attached hydrogens (tertiary/aromatic N) is 5. The second-order valence-electron chi connectivity index (χ2n) is 5.53. The van der Waals surface area contributed by atoms with Gasteiger partial charge < -0.3 is 5.32 Å². The minimum Gasteiger partial charge on any atom is -0.350 e. The molecule has 134 valence electrons. The van der Waals surface area contributed by atoms with Gasteiger partial charge in [0.05, 0.1) is 29.2 Å². The van der Waals surface area contributed by atoms with Gasteiger partial charge in [0.15, 0.2) is 0 Å². The summed E-state index contributed by atoms with van der Waals surface area (Å²) < 4.78 is 3.12. The van der Waals surface area contributed by atoms with Crippen molar-refractivity contribution >= 4 is 23.2 Å². The van der Waals surface area contributed by atoms with Crippen molar-refractivity contribution < 1.29 is 9.72 Å². The van der Waals surface area contributed by atoms with E-state index in [0.29, 0.717) is 30.2 Å². The standard InChI is InChI=1S/C16H15ClN6O3/c17-14-7-19-21(10-14)6-5-18-16(24)13-3-1-12(2-4-13)9-22-11-15(8-20-22)23(25)26/h1-4,7-8,10-11H,5-6,9H2,(H,18,24). The molecule has 0 saturated heterocycles. The molecule has 3 rings (SSSR count). The Bertz CT molecular complexity index is 918. The summed E-state index contributed by atoms with van der Waals surface area (Å²) >= 11 is 5.78. The molecular weight excluding hydrogens is 360 g/mol. The van der Waals surface area contributed by atoms with Gasteiger partial charge in [0.2, 0.25) is 0 Å². The van der Waals surface area contributed by atoms with Crippen molar-refractivity contribution in [3.8, 4) is 0 Å². The lowest BCUT2D eigenvalue weighted by atomic mass is 10.1. The molecule has 0 atom stereocenters. The molecule has 0 unspecified atom stereocenters. The Balaban J connectivity index is 1.52. The summed E-state index contributed by atoms with van der Waals surface area (Å²) in [6.07, 6.45) is 5.79. The first-order valence-electron chi connectivity index (χ1n) is 7.73. The number of carbonyl (C=O) groups excluding carboxylic acids is 1. The van der Waals surface area contributed by atoms with E-state index in [1.165, 1.54) is 23.3 Å². The monoisotopic (exact) mass is 374 g/mol. The number of hydrogen-bond acceptors (Lipinski definition) is 5. The first kappa shape index (κ1) is 17.6. The summed E-state index contributed by atoms with van der Waals surface area (Å²) in [5.41, 5.74) is 1.35. The van der Waals surface area contributed by atoms with E-state index in [2.05, 4.69) is 15.5 Å². The van der Waals surface area contributed by atoms with E-state index >= 15 is 0 Å².